The summed E-state index contributed by atoms with van der Waals surface area (Å²) in [5, 5.41) is 19.4. The van der Waals surface area contributed by atoms with Crippen molar-refractivity contribution in [3.05, 3.63) is 47.0 Å². The first-order chi connectivity index (χ1) is 14.2. The fraction of sp³-hybridized carbons (Fsp3) is 0.478. The average molecular weight is 402 g/mol. The van der Waals surface area contributed by atoms with Crippen LogP contribution in [-0.4, -0.2) is 43.8 Å². The van der Waals surface area contributed by atoms with Crippen molar-refractivity contribution in [1.82, 2.24) is 0 Å². The molecule has 29 heavy (non-hydrogen) atoms. The van der Waals surface area contributed by atoms with E-state index in [2.05, 4.69) is 6.07 Å². The Morgan fingerprint density at radius 1 is 0.966 bits per heavy atom. The van der Waals surface area contributed by atoms with Crippen LogP contribution in [0.25, 0.3) is 0 Å². The lowest BCUT2D eigenvalue weighted by Gasteiger charge is -2.19. The molecule has 1 aliphatic heterocycles. The lowest BCUT2D eigenvalue weighted by molar-refractivity contribution is 0.155. The fourth-order valence-corrected chi connectivity index (χ4v) is 3.78. The molecule has 6 heteroatoms. The van der Waals surface area contributed by atoms with Gasteiger partial charge in [0.1, 0.15) is 6.10 Å². The molecule has 158 valence electrons. The smallest absolute Gasteiger partial charge is 0.165 e. The van der Waals surface area contributed by atoms with Crippen LogP contribution >= 0.6 is 0 Å². The third-order valence-electron chi connectivity index (χ3n) is 5.09. The van der Waals surface area contributed by atoms with E-state index in [9.17, 15) is 10.2 Å². The number of aryl methyl sites for hydroxylation is 1. The van der Waals surface area contributed by atoms with E-state index < -0.39 is 0 Å². The molecule has 2 aromatic carbocycles. The second-order valence-electron chi connectivity index (χ2n) is 6.94. The number of aliphatic hydroxyl groups excluding tert-OH is 2. The van der Waals surface area contributed by atoms with Gasteiger partial charge in [-0.15, -0.1) is 0 Å². The third kappa shape index (κ3) is 4.43. The number of ether oxygens (including phenoxy) is 4. The summed E-state index contributed by atoms with van der Waals surface area (Å²) in [5.74, 6) is 2.45. The number of benzene rings is 2. The van der Waals surface area contributed by atoms with E-state index in [1.165, 1.54) is 0 Å². The average Bonchev–Trinajstić information content (AvgIpc) is 3.11. The van der Waals surface area contributed by atoms with E-state index >= 15 is 0 Å². The zero-order valence-electron chi connectivity index (χ0n) is 17.3. The van der Waals surface area contributed by atoms with Crippen molar-refractivity contribution in [1.29, 1.82) is 0 Å². The van der Waals surface area contributed by atoms with Gasteiger partial charge < -0.3 is 29.2 Å². The Hall–Kier alpha value is -2.44. The van der Waals surface area contributed by atoms with E-state index in [-0.39, 0.29) is 25.2 Å². The van der Waals surface area contributed by atoms with E-state index in [0.29, 0.717) is 42.6 Å². The first kappa shape index (κ1) is 21.3. The molecule has 2 aromatic rings. The topological polar surface area (TPSA) is 77.4 Å². The van der Waals surface area contributed by atoms with Gasteiger partial charge in [0.25, 0.3) is 0 Å². The largest absolute Gasteiger partial charge is 0.493 e. The third-order valence-corrected chi connectivity index (χ3v) is 5.09. The molecule has 0 amide bonds. The first-order valence-electron chi connectivity index (χ1n) is 10.1. The molecule has 2 N–H and O–H groups in total. The Morgan fingerprint density at radius 3 is 2.38 bits per heavy atom. The predicted molar refractivity (Wildman–Crippen MR) is 110 cm³/mol. The highest BCUT2D eigenvalue weighted by molar-refractivity contribution is 5.56. The summed E-state index contributed by atoms with van der Waals surface area (Å²) >= 11 is 0. The molecule has 1 aliphatic rings. The van der Waals surface area contributed by atoms with E-state index in [1.54, 1.807) is 7.11 Å². The zero-order chi connectivity index (χ0) is 20.8. The molecule has 0 aliphatic carbocycles. The van der Waals surface area contributed by atoms with Crippen LogP contribution in [0.4, 0.5) is 0 Å². The zero-order valence-corrected chi connectivity index (χ0v) is 17.3. The maximum Gasteiger partial charge on any atom is 0.165 e. The minimum atomic E-state index is -0.354. The van der Waals surface area contributed by atoms with Crippen molar-refractivity contribution in [2.75, 3.05) is 33.5 Å². The molecule has 0 radical (unpaired) electrons. The van der Waals surface area contributed by atoms with Gasteiger partial charge in [-0.25, -0.2) is 0 Å². The highest BCUT2D eigenvalue weighted by Crippen LogP contribution is 2.51. The summed E-state index contributed by atoms with van der Waals surface area (Å²) in [6.07, 6.45) is 1.06. The van der Waals surface area contributed by atoms with Gasteiger partial charge in [0.05, 0.1) is 32.8 Å². The number of rotatable bonds is 10. The summed E-state index contributed by atoms with van der Waals surface area (Å²) in [6.45, 7) is 4.98. The Kier molecular flexibility index (Phi) is 7.23. The number of hydrogen-bond acceptors (Lipinski definition) is 6. The lowest BCUT2D eigenvalue weighted by atomic mass is 9.90. The van der Waals surface area contributed by atoms with Gasteiger partial charge in [0.15, 0.2) is 23.0 Å². The van der Waals surface area contributed by atoms with Crippen molar-refractivity contribution in [2.24, 2.45) is 0 Å². The number of aliphatic hydroxyl groups is 2. The predicted octanol–water partition coefficient (Wildman–Crippen LogP) is 3.63. The quantitative estimate of drug-likeness (QED) is 0.632. The Labute approximate surface area is 172 Å². The van der Waals surface area contributed by atoms with Crippen LogP contribution < -0.4 is 18.9 Å². The monoisotopic (exact) mass is 402 g/mol. The van der Waals surface area contributed by atoms with Crippen molar-refractivity contribution in [3.8, 4) is 23.0 Å². The SMILES string of the molecule is CCOc1cc([C@@H]2Oc3c(OCC)cc(CCCO)cc3[C@H]2CO)ccc1OC. The number of methoxy groups -OCH3 is 1. The molecule has 1 heterocycles. The minimum Gasteiger partial charge on any atom is -0.493 e. The Morgan fingerprint density at radius 2 is 1.72 bits per heavy atom. The van der Waals surface area contributed by atoms with Crippen LogP contribution in [-0.2, 0) is 6.42 Å². The molecule has 3 rings (SSSR count). The Bertz CT molecular complexity index is 819. The van der Waals surface area contributed by atoms with Crippen LogP contribution in [0.1, 0.15) is 49.0 Å². The van der Waals surface area contributed by atoms with Crippen molar-refractivity contribution >= 4 is 0 Å². The summed E-state index contributed by atoms with van der Waals surface area (Å²) < 4.78 is 23.2. The summed E-state index contributed by atoms with van der Waals surface area (Å²) in [5.41, 5.74) is 2.91. The lowest BCUT2D eigenvalue weighted by Crippen LogP contribution is -2.13. The Balaban J connectivity index is 2.00. The maximum atomic E-state index is 10.2. The summed E-state index contributed by atoms with van der Waals surface area (Å²) in [6, 6.07) is 9.73. The second-order valence-corrected chi connectivity index (χ2v) is 6.94. The van der Waals surface area contributed by atoms with Gasteiger partial charge in [0, 0.05) is 12.2 Å². The van der Waals surface area contributed by atoms with Crippen LogP contribution in [0.3, 0.4) is 0 Å². The summed E-state index contributed by atoms with van der Waals surface area (Å²) in [7, 11) is 1.61. The number of fused-ring (bicyclic) bond motifs is 1. The van der Waals surface area contributed by atoms with Gasteiger partial charge in [-0.1, -0.05) is 12.1 Å². The maximum absolute atomic E-state index is 10.2. The summed E-state index contributed by atoms with van der Waals surface area (Å²) in [4.78, 5) is 0. The highest BCUT2D eigenvalue weighted by Gasteiger charge is 2.38. The van der Waals surface area contributed by atoms with Gasteiger partial charge in [-0.05, 0) is 56.0 Å². The molecule has 2 atom stereocenters. The van der Waals surface area contributed by atoms with Crippen LogP contribution in [0, 0.1) is 0 Å². The van der Waals surface area contributed by atoms with Crippen molar-refractivity contribution in [2.45, 2.75) is 38.7 Å². The van der Waals surface area contributed by atoms with Gasteiger partial charge in [-0.3, -0.25) is 0 Å². The molecule has 0 saturated carbocycles. The van der Waals surface area contributed by atoms with E-state index in [1.807, 2.05) is 38.1 Å². The van der Waals surface area contributed by atoms with Crippen molar-refractivity contribution in [3.63, 3.8) is 0 Å². The van der Waals surface area contributed by atoms with Crippen LogP contribution in [0.5, 0.6) is 23.0 Å². The fourth-order valence-electron chi connectivity index (χ4n) is 3.78. The van der Waals surface area contributed by atoms with Crippen LogP contribution in [0.2, 0.25) is 0 Å². The molecular weight excluding hydrogens is 372 g/mol. The number of hydrogen-bond donors (Lipinski definition) is 2. The van der Waals surface area contributed by atoms with Gasteiger partial charge in [-0.2, -0.15) is 0 Å². The van der Waals surface area contributed by atoms with Crippen LogP contribution in [0.15, 0.2) is 30.3 Å². The van der Waals surface area contributed by atoms with Gasteiger partial charge in [0.2, 0.25) is 0 Å². The molecule has 6 nitrogen and oxygen atoms in total. The van der Waals surface area contributed by atoms with Gasteiger partial charge >= 0.3 is 0 Å². The molecule has 0 bridgehead atoms. The normalized spacial score (nSPS) is 17.6. The molecular formula is C23H30O6. The standard InChI is InChI=1S/C23H30O6/c1-4-27-20-13-16(8-9-19(20)26-3)22-18(14-25)17-11-15(7-6-10-24)12-21(28-5-2)23(17)29-22/h8-9,11-13,18,22,24-25H,4-7,10,14H2,1-3H3/t18-,22+/m1/s1. The highest BCUT2D eigenvalue weighted by atomic mass is 16.5. The molecule has 0 fully saturated rings. The molecule has 0 unspecified atom stereocenters. The molecule has 0 saturated heterocycles. The minimum absolute atomic E-state index is 0.0529. The molecule has 0 aromatic heterocycles. The van der Waals surface area contributed by atoms with Crippen molar-refractivity contribution < 1.29 is 29.2 Å². The van der Waals surface area contributed by atoms with E-state index in [0.717, 1.165) is 23.1 Å². The molecule has 0 spiro atoms. The second kappa shape index (κ2) is 9.85. The first-order valence-corrected chi connectivity index (χ1v) is 10.1. The van der Waals surface area contributed by atoms with E-state index in [4.69, 9.17) is 18.9 Å².